The lowest BCUT2D eigenvalue weighted by molar-refractivity contribution is 1.17. The summed E-state index contributed by atoms with van der Waals surface area (Å²) in [5.41, 5.74) is 6.54. The molecule has 0 radical (unpaired) electrons. The van der Waals surface area contributed by atoms with Crippen LogP contribution in [0, 0.1) is 0 Å². The molecule has 5 heteroatoms. The lowest BCUT2D eigenvalue weighted by atomic mass is 10.2. The van der Waals surface area contributed by atoms with Gasteiger partial charge in [-0.1, -0.05) is 10.6 Å². The van der Waals surface area contributed by atoms with Crippen LogP contribution in [-0.2, 0) is 0 Å². The molecule has 2 aromatic heterocycles. The summed E-state index contributed by atoms with van der Waals surface area (Å²) < 4.78 is 3.74. The summed E-state index contributed by atoms with van der Waals surface area (Å²) in [6, 6.07) is 3.78. The fourth-order valence-corrected chi connectivity index (χ4v) is 1.47. The molecule has 4 nitrogen and oxygen atoms in total. The minimum atomic E-state index is 0.466. The van der Waals surface area contributed by atoms with Crippen molar-refractivity contribution in [1.29, 1.82) is 0 Å². The van der Waals surface area contributed by atoms with E-state index in [4.69, 9.17) is 5.73 Å². The van der Waals surface area contributed by atoms with Crippen LogP contribution in [-0.4, -0.2) is 14.6 Å². The molecule has 0 aliphatic heterocycles. The van der Waals surface area contributed by atoms with E-state index < -0.39 is 0 Å². The minimum absolute atomic E-state index is 0.466. The number of hydrogen-bond acceptors (Lipinski definition) is 5. The Morgan fingerprint density at radius 2 is 2.33 bits per heavy atom. The maximum absolute atomic E-state index is 5.58. The summed E-state index contributed by atoms with van der Waals surface area (Å²) >= 11 is 1.28. The molecule has 0 saturated carbocycles. The second-order valence-corrected chi connectivity index (χ2v) is 2.98. The normalized spacial score (nSPS) is 10.0. The first-order valence-electron chi connectivity index (χ1n) is 3.36. The van der Waals surface area contributed by atoms with E-state index in [9.17, 15) is 0 Å². The standard InChI is InChI=1S/C7H6N4S/c8-7-6(12-11-10-7)5-2-1-3-9-4-5/h1-4H,8H2. The molecule has 0 bridgehead atoms. The van der Waals surface area contributed by atoms with Crippen LogP contribution < -0.4 is 5.73 Å². The predicted octanol–water partition coefficient (Wildman–Crippen LogP) is 1.18. The molecule has 0 aromatic carbocycles. The van der Waals surface area contributed by atoms with Gasteiger partial charge >= 0.3 is 0 Å². The molecular formula is C7H6N4S. The molecule has 2 rings (SSSR count). The highest BCUT2D eigenvalue weighted by atomic mass is 32.1. The van der Waals surface area contributed by atoms with Gasteiger partial charge in [0.25, 0.3) is 0 Å². The molecule has 2 heterocycles. The Morgan fingerprint density at radius 3 is 2.92 bits per heavy atom. The summed E-state index contributed by atoms with van der Waals surface area (Å²) in [5, 5.41) is 3.71. The molecule has 0 fully saturated rings. The average molecular weight is 178 g/mol. The molecule has 0 saturated heterocycles. The van der Waals surface area contributed by atoms with E-state index in [1.807, 2.05) is 12.1 Å². The quantitative estimate of drug-likeness (QED) is 0.712. The second kappa shape index (κ2) is 2.86. The van der Waals surface area contributed by atoms with Gasteiger partial charge in [0.15, 0.2) is 5.82 Å². The van der Waals surface area contributed by atoms with Crippen molar-refractivity contribution in [3.05, 3.63) is 24.5 Å². The third-order valence-electron chi connectivity index (χ3n) is 1.44. The van der Waals surface area contributed by atoms with Crippen molar-refractivity contribution in [2.45, 2.75) is 0 Å². The van der Waals surface area contributed by atoms with Gasteiger partial charge in [-0.05, 0) is 17.6 Å². The minimum Gasteiger partial charge on any atom is -0.381 e. The van der Waals surface area contributed by atoms with Crippen molar-refractivity contribution in [3.63, 3.8) is 0 Å². The van der Waals surface area contributed by atoms with Crippen LogP contribution in [0.5, 0.6) is 0 Å². The fraction of sp³-hybridized carbons (Fsp3) is 0. The molecule has 0 atom stereocenters. The number of hydrogen-bond donors (Lipinski definition) is 1. The number of nitrogens with zero attached hydrogens (tertiary/aromatic N) is 3. The zero-order valence-electron chi connectivity index (χ0n) is 6.14. The van der Waals surface area contributed by atoms with E-state index in [-0.39, 0.29) is 0 Å². The first-order chi connectivity index (χ1) is 5.88. The van der Waals surface area contributed by atoms with E-state index in [1.54, 1.807) is 12.4 Å². The second-order valence-electron chi connectivity index (χ2n) is 2.23. The number of aromatic nitrogens is 3. The molecule has 0 spiro atoms. The van der Waals surface area contributed by atoms with Crippen LogP contribution in [0.15, 0.2) is 24.5 Å². The van der Waals surface area contributed by atoms with Gasteiger partial charge in [0, 0.05) is 18.0 Å². The molecule has 60 valence electrons. The summed E-state index contributed by atoms with van der Waals surface area (Å²) in [6.07, 6.45) is 3.46. The summed E-state index contributed by atoms with van der Waals surface area (Å²) in [6.45, 7) is 0. The van der Waals surface area contributed by atoms with Crippen molar-refractivity contribution in [2.24, 2.45) is 0 Å². The third kappa shape index (κ3) is 1.14. The van der Waals surface area contributed by atoms with Crippen LogP contribution in [0.4, 0.5) is 5.82 Å². The SMILES string of the molecule is Nc1nnsc1-c1cccnc1. The Bertz CT molecular complexity index is 370. The first kappa shape index (κ1) is 7.17. The van der Waals surface area contributed by atoms with Crippen molar-refractivity contribution in [3.8, 4) is 10.4 Å². The zero-order chi connectivity index (χ0) is 8.39. The molecule has 0 aliphatic rings. The van der Waals surface area contributed by atoms with Gasteiger partial charge in [0.2, 0.25) is 0 Å². The van der Waals surface area contributed by atoms with E-state index in [0.29, 0.717) is 5.82 Å². The van der Waals surface area contributed by atoms with Crippen molar-refractivity contribution >= 4 is 17.4 Å². The lowest BCUT2D eigenvalue weighted by Gasteiger charge is -1.93. The first-order valence-corrected chi connectivity index (χ1v) is 4.13. The molecule has 0 unspecified atom stereocenters. The number of nitrogens with two attached hydrogens (primary N) is 1. The van der Waals surface area contributed by atoms with Gasteiger partial charge in [-0.3, -0.25) is 4.98 Å². The van der Waals surface area contributed by atoms with Crippen LogP contribution in [0.1, 0.15) is 0 Å². The largest absolute Gasteiger partial charge is 0.381 e. The van der Waals surface area contributed by atoms with E-state index in [2.05, 4.69) is 14.6 Å². The number of nitrogen functional groups attached to an aromatic ring is 1. The number of anilines is 1. The Balaban J connectivity index is 2.51. The number of pyridine rings is 1. The smallest absolute Gasteiger partial charge is 0.166 e. The van der Waals surface area contributed by atoms with Crippen LogP contribution in [0.25, 0.3) is 10.4 Å². The van der Waals surface area contributed by atoms with Crippen molar-refractivity contribution in [1.82, 2.24) is 14.6 Å². The van der Waals surface area contributed by atoms with Gasteiger partial charge < -0.3 is 5.73 Å². The number of rotatable bonds is 1. The molecule has 2 aromatic rings. The van der Waals surface area contributed by atoms with Crippen molar-refractivity contribution in [2.75, 3.05) is 5.73 Å². The van der Waals surface area contributed by atoms with Gasteiger partial charge in [-0.25, -0.2) is 0 Å². The van der Waals surface area contributed by atoms with Gasteiger partial charge in [0.1, 0.15) is 4.88 Å². The van der Waals surface area contributed by atoms with E-state index >= 15 is 0 Å². The summed E-state index contributed by atoms with van der Waals surface area (Å²) in [4.78, 5) is 4.86. The highest BCUT2D eigenvalue weighted by Crippen LogP contribution is 2.26. The van der Waals surface area contributed by atoms with Gasteiger partial charge in [-0.15, -0.1) is 5.10 Å². The molecular weight excluding hydrogens is 172 g/mol. The maximum Gasteiger partial charge on any atom is 0.166 e. The van der Waals surface area contributed by atoms with Gasteiger partial charge in [0.05, 0.1) is 0 Å². The maximum atomic E-state index is 5.58. The Hall–Kier alpha value is -1.49. The van der Waals surface area contributed by atoms with Crippen molar-refractivity contribution < 1.29 is 0 Å². The van der Waals surface area contributed by atoms with E-state index in [0.717, 1.165) is 10.4 Å². The molecule has 12 heavy (non-hydrogen) atoms. The van der Waals surface area contributed by atoms with Crippen LogP contribution in [0.3, 0.4) is 0 Å². The molecule has 2 N–H and O–H groups in total. The predicted molar refractivity (Wildman–Crippen MR) is 47.6 cm³/mol. The molecule has 0 amide bonds. The summed E-state index contributed by atoms with van der Waals surface area (Å²) in [5.74, 6) is 0.466. The zero-order valence-corrected chi connectivity index (χ0v) is 6.95. The average Bonchev–Trinajstić information content (AvgIpc) is 2.53. The third-order valence-corrected chi connectivity index (χ3v) is 2.23. The Morgan fingerprint density at radius 1 is 1.42 bits per heavy atom. The van der Waals surface area contributed by atoms with E-state index in [1.165, 1.54) is 11.5 Å². The fourth-order valence-electron chi connectivity index (χ4n) is 0.895. The Labute approximate surface area is 73.2 Å². The van der Waals surface area contributed by atoms with Crippen LogP contribution in [0.2, 0.25) is 0 Å². The topological polar surface area (TPSA) is 64.7 Å². The highest BCUT2D eigenvalue weighted by molar-refractivity contribution is 7.09. The highest BCUT2D eigenvalue weighted by Gasteiger charge is 2.05. The summed E-state index contributed by atoms with van der Waals surface area (Å²) in [7, 11) is 0. The monoisotopic (exact) mass is 178 g/mol. The molecule has 0 aliphatic carbocycles. The van der Waals surface area contributed by atoms with Crippen LogP contribution >= 0.6 is 11.5 Å². The van der Waals surface area contributed by atoms with Gasteiger partial charge in [-0.2, -0.15) is 0 Å². The lowest BCUT2D eigenvalue weighted by Crippen LogP contribution is -1.87. The Kier molecular flexibility index (Phi) is 1.71.